The zero-order valence-corrected chi connectivity index (χ0v) is 22.3. The smallest absolute Gasteiger partial charge is 0.161 e. The van der Waals surface area contributed by atoms with Gasteiger partial charge in [0.1, 0.15) is 30.4 Å². The molecule has 36 heavy (non-hydrogen) atoms. The van der Waals surface area contributed by atoms with E-state index >= 15 is 0 Å². The molecule has 1 aliphatic rings. The molecule has 1 N–H and O–H groups in total. The molecule has 1 fully saturated rings. The van der Waals surface area contributed by atoms with Crippen molar-refractivity contribution < 1.29 is 19.3 Å². The van der Waals surface area contributed by atoms with Gasteiger partial charge in [0.15, 0.2) is 11.5 Å². The van der Waals surface area contributed by atoms with Gasteiger partial charge in [-0.25, -0.2) is 4.98 Å². The molecule has 7 nitrogen and oxygen atoms in total. The van der Waals surface area contributed by atoms with Gasteiger partial charge in [0, 0.05) is 30.5 Å². The summed E-state index contributed by atoms with van der Waals surface area (Å²) in [6.45, 7) is 9.55. The SMILES string of the molecule is COc1ccc(CN2CCCC(O)(COc3cc(C)c(Cl)c(C)c3)C2)cc1OCCn1ccnc1C. The van der Waals surface area contributed by atoms with Crippen molar-refractivity contribution in [2.24, 2.45) is 0 Å². The van der Waals surface area contributed by atoms with E-state index in [4.69, 9.17) is 25.8 Å². The Bertz CT molecular complexity index is 1160. The van der Waals surface area contributed by atoms with Crippen LogP contribution in [-0.2, 0) is 13.1 Å². The fourth-order valence-corrected chi connectivity index (χ4v) is 4.86. The van der Waals surface area contributed by atoms with Crippen molar-refractivity contribution >= 4 is 11.6 Å². The van der Waals surface area contributed by atoms with E-state index in [1.807, 2.05) is 51.2 Å². The molecule has 0 radical (unpaired) electrons. The van der Waals surface area contributed by atoms with Gasteiger partial charge in [0.25, 0.3) is 0 Å². The minimum Gasteiger partial charge on any atom is -0.493 e. The van der Waals surface area contributed by atoms with E-state index in [0.29, 0.717) is 38.4 Å². The van der Waals surface area contributed by atoms with Crippen LogP contribution in [0.4, 0.5) is 0 Å². The number of aryl methyl sites for hydroxylation is 3. The number of hydrogen-bond acceptors (Lipinski definition) is 6. The molecular formula is C28H36ClN3O4. The second kappa shape index (κ2) is 11.5. The molecule has 194 valence electrons. The third-order valence-electron chi connectivity index (χ3n) is 6.70. The highest BCUT2D eigenvalue weighted by molar-refractivity contribution is 6.32. The zero-order valence-electron chi connectivity index (χ0n) is 21.6. The van der Waals surface area contributed by atoms with E-state index in [1.54, 1.807) is 13.3 Å². The summed E-state index contributed by atoms with van der Waals surface area (Å²) >= 11 is 6.28. The first-order valence-electron chi connectivity index (χ1n) is 12.4. The number of ether oxygens (including phenoxy) is 3. The largest absolute Gasteiger partial charge is 0.493 e. The summed E-state index contributed by atoms with van der Waals surface area (Å²) < 4.78 is 19.7. The second-order valence-electron chi connectivity index (χ2n) is 9.70. The quantitative estimate of drug-likeness (QED) is 0.413. The van der Waals surface area contributed by atoms with Crippen LogP contribution < -0.4 is 14.2 Å². The Morgan fingerprint density at radius 3 is 2.56 bits per heavy atom. The first-order chi connectivity index (χ1) is 17.3. The molecular weight excluding hydrogens is 478 g/mol. The maximum Gasteiger partial charge on any atom is 0.161 e. The number of piperidine rings is 1. The molecule has 1 aromatic heterocycles. The number of aromatic nitrogens is 2. The summed E-state index contributed by atoms with van der Waals surface area (Å²) in [5, 5.41) is 12.0. The fourth-order valence-electron chi connectivity index (χ4n) is 4.75. The number of rotatable bonds is 10. The predicted octanol–water partition coefficient (Wildman–Crippen LogP) is 4.96. The Kier molecular flexibility index (Phi) is 8.44. The fraction of sp³-hybridized carbons (Fsp3) is 0.464. The van der Waals surface area contributed by atoms with Crippen molar-refractivity contribution in [3.8, 4) is 17.2 Å². The number of aliphatic hydroxyl groups is 1. The summed E-state index contributed by atoms with van der Waals surface area (Å²) in [4.78, 5) is 6.52. The third-order valence-corrected chi connectivity index (χ3v) is 7.30. The van der Waals surface area contributed by atoms with Gasteiger partial charge in [-0.2, -0.15) is 0 Å². The molecule has 0 spiro atoms. The number of hydrogen-bond donors (Lipinski definition) is 1. The van der Waals surface area contributed by atoms with Crippen LogP contribution in [0.5, 0.6) is 17.2 Å². The number of nitrogens with zero attached hydrogens (tertiary/aromatic N) is 3. The summed E-state index contributed by atoms with van der Waals surface area (Å²) in [6.07, 6.45) is 5.35. The van der Waals surface area contributed by atoms with E-state index in [9.17, 15) is 5.11 Å². The molecule has 1 unspecified atom stereocenters. The van der Waals surface area contributed by atoms with Crippen molar-refractivity contribution in [3.63, 3.8) is 0 Å². The van der Waals surface area contributed by atoms with Crippen molar-refractivity contribution in [1.82, 2.24) is 14.5 Å². The molecule has 2 aromatic carbocycles. The molecule has 3 aromatic rings. The lowest BCUT2D eigenvalue weighted by atomic mass is 9.93. The van der Waals surface area contributed by atoms with Crippen molar-refractivity contribution in [3.05, 3.63) is 70.3 Å². The number of methoxy groups -OCH3 is 1. The molecule has 2 heterocycles. The number of benzene rings is 2. The lowest BCUT2D eigenvalue weighted by Gasteiger charge is -2.39. The Morgan fingerprint density at radius 1 is 1.08 bits per heavy atom. The maximum atomic E-state index is 11.3. The van der Waals surface area contributed by atoms with Crippen LogP contribution in [-0.4, -0.2) is 58.6 Å². The van der Waals surface area contributed by atoms with Gasteiger partial charge < -0.3 is 23.9 Å². The Balaban J connectivity index is 1.36. The number of halogens is 1. The van der Waals surface area contributed by atoms with E-state index < -0.39 is 5.60 Å². The van der Waals surface area contributed by atoms with Gasteiger partial charge in [-0.1, -0.05) is 17.7 Å². The lowest BCUT2D eigenvalue weighted by molar-refractivity contribution is -0.0621. The average molecular weight is 514 g/mol. The van der Waals surface area contributed by atoms with E-state index in [1.165, 1.54) is 0 Å². The van der Waals surface area contributed by atoms with Crippen molar-refractivity contribution in [2.75, 3.05) is 33.4 Å². The Morgan fingerprint density at radius 2 is 1.86 bits per heavy atom. The molecule has 4 rings (SSSR count). The van der Waals surface area contributed by atoms with Crippen molar-refractivity contribution in [2.45, 2.75) is 52.3 Å². The standard InChI is InChI=1S/C28H36ClN3O4/c1-20-14-24(15-21(2)27(20)29)36-19-28(33)8-5-10-31(18-28)17-23-6-7-25(34-4)26(16-23)35-13-12-32-11-9-30-22(32)3/h6-7,9,11,14-16,33H,5,8,10,12-13,17-19H2,1-4H3. The van der Waals surface area contributed by atoms with Crippen LogP contribution in [0, 0.1) is 20.8 Å². The normalized spacial score (nSPS) is 18.3. The lowest BCUT2D eigenvalue weighted by Crippen LogP contribution is -2.51. The maximum absolute atomic E-state index is 11.3. The van der Waals surface area contributed by atoms with Gasteiger partial charge >= 0.3 is 0 Å². The van der Waals surface area contributed by atoms with Crippen LogP contribution in [0.15, 0.2) is 42.7 Å². The van der Waals surface area contributed by atoms with Gasteiger partial charge in [0.05, 0.1) is 13.7 Å². The third kappa shape index (κ3) is 6.52. The van der Waals surface area contributed by atoms with Crippen LogP contribution in [0.2, 0.25) is 5.02 Å². The van der Waals surface area contributed by atoms with Gasteiger partial charge in [-0.15, -0.1) is 0 Å². The number of imidazole rings is 1. The zero-order chi connectivity index (χ0) is 25.7. The monoisotopic (exact) mass is 513 g/mol. The molecule has 0 bridgehead atoms. The first-order valence-corrected chi connectivity index (χ1v) is 12.8. The molecule has 1 atom stereocenters. The van der Waals surface area contributed by atoms with Gasteiger partial charge in [-0.3, -0.25) is 4.90 Å². The molecule has 0 saturated carbocycles. The number of likely N-dealkylation sites (tertiary alicyclic amines) is 1. The molecule has 1 saturated heterocycles. The first kappa shape index (κ1) is 26.3. The summed E-state index contributed by atoms with van der Waals surface area (Å²) in [5.41, 5.74) is 2.15. The highest BCUT2D eigenvalue weighted by Gasteiger charge is 2.34. The molecule has 0 aliphatic carbocycles. The molecule has 8 heteroatoms. The summed E-state index contributed by atoms with van der Waals surface area (Å²) in [6, 6.07) is 9.87. The van der Waals surface area contributed by atoms with E-state index in [0.717, 1.165) is 52.0 Å². The van der Waals surface area contributed by atoms with Crippen LogP contribution >= 0.6 is 11.6 Å². The second-order valence-corrected chi connectivity index (χ2v) is 10.1. The van der Waals surface area contributed by atoms with Gasteiger partial charge in [0.2, 0.25) is 0 Å². The van der Waals surface area contributed by atoms with Crippen molar-refractivity contribution in [1.29, 1.82) is 0 Å². The Hall–Kier alpha value is -2.74. The number of β-amino-alcohol motifs (C(OH)–C–C–N with tert-alkyl or cyclic N) is 1. The molecule has 1 aliphatic heterocycles. The topological polar surface area (TPSA) is 69.0 Å². The molecule has 0 amide bonds. The van der Waals surface area contributed by atoms with Crippen LogP contribution in [0.1, 0.15) is 35.4 Å². The minimum atomic E-state index is -0.909. The van der Waals surface area contributed by atoms with E-state index in [-0.39, 0.29) is 6.61 Å². The minimum absolute atomic E-state index is 0.245. The van der Waals surface area contributed by atoms with Crippen LogP contribution in [0.3, 0.4) is 0 Å². The highest BCUT2D eigenvalue weighted by atomic mass is 35.5. The summed E-state index contributed by atoms with van der Waals surface area (Å²) in [5.74, 6) is 3.13. The average Bonchev–Trinajstić information content (AvgIpc) is 3.26. The van der Waals surface area contributed by atoms with E-state index in [2.05, 4.69) is 20.5 Å². The van der Waals surface area contributed by atoms with Gasteiger partial charge in [-0.05, 0) is 81.1 Å². The summed E-state index contributed by atoms with van der Waals surface area (Å²) in [7, 11) is 1.65. The highest BCUT2D eigenvalue weighted by Crippen LogP contribution is 2.31. The Labute approximate surface area is 218 Å². The van der Waals surface area contributed by atoms with Crippen LogP contribution in [0.25, 0.3) is 0 Å². The predicted molar refractivity (Wildman–Crippen MR) is 141 cm³/mol.